The lowest BCUT2D eigenvalue weighted by Crippen LogP contribution is -2.30. The van der Waals surface area contributed by atoms with E-state index in [0.717, 1.165) is 41.7 Å². The van der Waals surface area contributed by atoms with Crippen LogP contribution in [0.2, 0.25) is 0 Å². The van der Waals surface area contributed by atoms with Crippen molar-refractivity contribution >= 4 is 28.3 Å². The Hall–Kier alpha value is -3.72. The van der Waals surface area contributed by atoms with Crippen molar-refractivity contribution in [3.05, 3.63) is 63.5 Å². The van der Waals surface area contributed by atoms with E-state index in [-0.39, 0.29) is 17.4 Å². The number of carbonyl (C=O) groups excluding carboxylic acids is 1. The van der Waals surface area contributed by atoms with E-state index < -0.39 is 0 Å². The number of nitrogens with zero attached hydrogens (tertiary/aromatic N) is 4. The van der Waals surface area contributed by atoms with Gasteiger partial charge in [-0.25, -0.2) is 9.97 Å². The minimum atomic E-state index is -0.221. The quantitative estimate of drug-likeness (QED) is 0.505. The van der Waals surface area contributed by atoms with Crippen LogP contribution in [0.3, 0.4) is 0 Å². The molecule has 174 valence electrons. The summed E-state index contributed by atoms with van der Waals surface area (Å²) in [5.41, 5.74) is 4.10. The Morgan fingerprint density at radius 2 is 1.97 bits per heavy atom. The zero-order chi connectivity index (χ0) is 23.4. The van der Waals surface area contributed by atoms with Gasteiger partial charge in [0, 0.05) is 36.8 Å². The van der Waals surface area contributed by atoms with Crippen molar-refractivity contribution in [2.75, 3.05) is 31.8 Å². The van der Waals surface area contributed by atoms with E-state index in [4.69, 9.17) is 9.47 Å². The van der Waals surface area contributed by atoms with Gasteiger partial charge in [0.1, 0.15) is 22.9 Å². The molecule has 1 N–H and O–H groups in total. The molecular formula is C25H25N5O4. The number of anilines is 1. The van der Waals surface area contributed by atoms with Gasteiger partial charge in [0.05, 0.1) is 30.5 Å². The van der Waals surface area contributed by atoms with Crippen LogP contribution in [0.1, 0.15) is 46.1 Å². The number of benzene rings is 1. The molecule has 0 unspecified atom stereocenters. The topological polar surface area (TPSA) is 102 Å². The number of carbonyl (C=O) groups is 1. The Bertz CT molecular complexity index is 1500. The van der Waals surface area contributed by atoms with Gasteiger partial charge in [-0.3, -0.25) is 18.9 Å². The Morgan fingerprint density at radius 3 is 2.76 bits per heavy atom. The largest absolute Gasteiger partial charge is 0.495 e. The van der Waals surface area contributed by atoms with E-state index in [1.54, 1.807) is 30.5 Å². The maximum absolute atomic E-state index is 13.6. The number of pyridine rings is 1. The fraction of sp³-hybridized carbons (Fsp3) is 0.360. The maximum atomic E-state index is 13.6. The van der Waals surface area contributed by atoms with Gasteiger partial charge in [-0.15, -0.1) is 0 Å². The summed E-state index contributed by atoms with van der Waals surface area (Å²) >= 11 is 0. The third-order valence-corrected chi connectivity index (χ3v) is 6.93. The second-order valence-corrected chi connectivity index (χ2v) is 8.93. The number of aromatic nitrogens is 4. The Morgan fingerprint density at radius 1 is 1.15 bits per heavy atom. The minimum absolute atomic E-state index is 0.132. The van der Waals surface area contributed by atoms with Crippen LogP contribution in [0.25, 0.3) is 16.6 Å². The summed E-state index contributed by atoms with van der Waals surface area (Å²) in [5.74, 6) is 2.31. The van der Waals surface area contributed by atoms with Gasteiger partial charge in [0.2, 0.25) is 0 Å². The lowest BCUT2D eigenvalue weighted by Gasteiger charge is -2.22. The van der Waals surface area contributed by atoms with Gasteiger partial charge < -0.3 is 14.5 Å². The molecule has 34 heavy (non-hydrogen) atoms. The molecule has 0 radical (unpaired) electrons. The van der Waals surface area contributed by atoms with Gasteiger partial charge in [0.25, 0.3) is 11.5 Å². The van der Waals surface area contributed by atoms with Crippen LogP contribution in [0.5, 0.6) is 5.75 Å². The Labute approximate surface area is 195 Å². The molecule has 0 bridgehead atoms. The highest BCUT2D eigenvalue weighted by Gasteiger charge is 2.29. The van der Waals surface area contributed by atoms with Crippen LogP contribution in [0.4, 0.5) is 5.82 Å². The number of H-pyrrole nitrogens is 1. The first-order valence-electron chi connectivity index (χ1n) is 11.5. The number of imidazole rings is 1. The third kappa shape index (κ3) is 3.19. The van der Waals surface area contributed by atoms with E-state index in [1.807, 2.05) is 23.5 Å². The van der Waals surface area contributed by atoms with Crippen molar-refractivity contribution in [1.29, 1.82) is 0 Å². The number of hydrogen-bond donors (Lipinski definition) is 1. The highest BCUT2D eigenvalue weighted by Crippen LogP contribution is 2.32. The summed E-state index contributed by atoms with van der Waals surface area (Å²) in [4.78, 5) is 40.2. The van der Waals surface area contributed by atoms with Crippen molar-refractivity contribution < 1.29 is 14.3 Å². The molecule has 3 aromatic heterocycles. The van der Waals surface area contributed by atoms with E-state index in [2.05, 4.69) is 15.0 Å². The average molecular weight is 460 g/mol. The van der Waals surface area contributed by atoms with E-state index in [0.29, 0.717) is 47.9 Å². The first kappa shape index (κ1) is 20.9. The third-order valence-electron chi connectivity index (χ3n) is 6.93. The predicted octanol–water partition coefficient (Wildman–Crippen LogP) is 2.98. The summed E-state index contributed by atoms with van der Waals surface area (Å²) in [7, 11) is 1.60. The monoisotopic (exact) mass is 459 g/mol. The molecule has 9 nitrogen and oxygen atoms in total. The second kappa shape index (κ2) is 7.95. The van der Waals surface area contributed by atoms with E-state index >= 15 is 0 Å². The zero-order valence-electron chi connectivity index (χ0n) is 19.1. The molecule has 2 aliphatic rings. The standard InChI is InChI=1S/C25H25N5O4/c1-14-9-20-19(28-24(31)21-13-27-23(30(20)21)15-4-7-34-8-5-15)11-18(14)25(32)29-6-3-16-10-17(33-2)12-26-22(16)29/h9-13,15H,3-8H2,1-2H3,(H,28,31). The first-order chi connectivity index (χ1) is 16.5. The smallest absolute Gasteiger partial charge is 0.274 e. The van der Waals surface area contributed by atoms with E-state index in [9.17, 15) is 9.59 Å². The van der Waals surface area contributed by atoms with Gasteiger partial charge in [-0.1, -0.05) is 0 Å². The van der Waals surface area contributed by atoms with Crippen molar-refractivity contribution in [3.8, 4) is 5.75 Å². The number of ether oxygens (including phenoxy) is 2. The van der Waals surface area contributed by atoms with Crippen molar-refractivity contribution in [1.82, 2.24) is 19.4 Å². The van der Waals surface area contributed by atoms with E-state index in [1.165, 1.54) is 0 Å². The highest BCUT2D eigenvalue weighted by atomic mass is 16.5. The first-order valence-corrected chi connectivity index (χ1v) is 11.5. The number of aryl methyl sites for hydroxylation is 1. The van der Waals surface area contributed by atoms with Gasteiger partial charge in [-0.05, 0) is 49.9 Å². The number of amides is 1. The van der Waals surface area contributed by atoms with Gasteiger partial charge in [0.15, 0.2) is 0 Å². The summed E-state index contributed by atoms with van der Waals surface area (Å²) in [6.07, 6.45) is 5.73. The number of rotatable bonds is 3. The predicted molar refractivity (Wildman–Crippen MR) is 127 cm³/mol. The molecule has 4 aromatic rings. The zero-order valence-corrected chi connectivity index (χ0v) is 19.1. The number of methoxy groups -OCH3 is 1. The Kier molecular flexibility index (Phi) is 4.88. The molecule has 0 aliphatic carbocycles. The molecule has 1 amide bonds. The molecule has 5 heterocycles. The number of hydrogen-bond acceptors (Lipinski definition) is 6. The normalized spacial score (nSPS) is 16.4. The molecule has 6 rings (SSSR count). The minimum Gasteiger partial charge on any atom is -0.495 e. The summed E-state index contributed by atoms with van der Waals surface area (Å²) < 4.78 is 12.7. The van der Waals surface area contributed by atoms with Gasteiger partial charge >= 0.3 is 0 Å². The van der Waals surface area contributed by atoms with Gasteiger partial charge in [-0.2, -0.15) is 0 Å². The molecule has 0 atom stereocenters. The fourth-order valence-electron chi connectivity index (χ4n) is 5.12. The maximum Gasteiger partial charge on any atom is 0.274 e. The van der Waals surface area contributed by atoms with Crippen molar-refractivity contribution in [2.45, 2.75) is 32.1 Å². The summed E-state index contributed by atoms with van der Waals surface area (Å²) in [5, 5.41) is 0. The molecule has 2 aliphatic heterocycles. The second-order valence-electron chi connectivity index (χ2n) is 8.93. The summed E-state index contributed by atoms with van der Waals surface area (Å²) in [6.45, 7) is 3.86. The lowest BCUT2D eigenvalue weighted by molar-refractivity contribution is 0.0835. The molecule has 1 aromatic carbocycles. The van der Waals surface area contributed by atoms with Crippen LogP contribution < -0.4 is 15.2 Å². The molecule has 0 saturated carbocycles. The molecule has 1 saturated heterocycles. The van der Waals surface area contributed by atoms with Crippen LogP contribution in [0.15, 0.2) is 35.4 Å². The molecule has 9 heteroatoms. The SMILES string of the molecule is COc1cnc2c(c1)CCN2C(=O)c1cc2[nH]c(=O)c3cnc(C4CCOCC4)n3c2cc1C. The molecule has 1 fully saturated rings. The highest BCUT2D eigenvalue weighted by molar-refractivity contribution is 6.09. The fourth-order valence-corrected chi connectivity index (χ4v) is 5.12. The average Bonchev–Trinajstić information content (AvgIpc) is 3.49. The lowest BCUT2D eigenvalue weighted by atomic mass is 9.99. The van der Waals surface area contributed by atoms with Crippen molar-refractivity contribution in [3.63, 3.8) is 0 Å². The number of fused-ring (bicyclic) bond motifs is 4. The summed E-state index contributed by atoms with van der Waals surface area (Å²) in [6, 6.07) is 5.67. The Balaban J connectivity index is 1.45. The van der Waals surface area contributed by atoms with Crippen LogP contribution in [0, 0.1) is 6.92 Å². The molecular weight excluding hydrogens is 434 g/mol. The number of nitrogens with one attached hydrogen (secondary N) is 1. The van der Waals surface area contributed by atoms with Crippen molar-refractivity contribution in [2.24, 2.45) is 0 Å². The molecule has 0 spiro atoms. The number of aromatic amines is 1. The van der Waals surface area contributed by atoms with Crippen LogP contribution >= 0.6 is 0 Å². The van der Waals surface area contributed by atoms with Crippen LogP contribution in [-0.4, -0.2) is 52.1 Å². The van der Waals surface area contributed by atoms with Crippen LogP contribution in [-0.2, 0) is 11.2 Å².